The Bertz CT molecular complexity index is 452. The molecule has 0 saturated carbocycles. The van der Waals surface area contributed by atoms with Crippen LogP contribution in [0.25, 0.3) is 0 Å². The molecular formula is C12H17N3O2S. The van der Waals surface area contributed by atoms with Gasteiger partial charge in [0, 0.05) is 19.3 Å². The monoisotopic (exact) mass is 267 g/mol. The SMILES string of the molecule is CSC[C@@H]1CCCN(C(=O)c2c[nH]c(=O)cn2)C1. The summed E-state index contributed by atoms with van der Waals surface area (Å²) in [6, 6.07) is 0. The molecule has 18 heavy (non-hydrogen) atoms. The summed E-state index contributed by atoms with van der Waals surface area (Å²) in [7, 11) is 0. The van der Waals surface area contributed by atoms with Crippen molar-refractivity contribution in [3.05, 3.63) is 28.4 Å². The number of carbonyl (C=O) groups is 1. The van der Waals surface area contributed by atoms with Gasteiger partial charge in [-0.1, -0.05) is 0 Å². The first kappa shape index (κ1) is 13.1. The Balaban J connectivity index is 2.04. The summed E-state index contributed by atoms with van der Waals surface area (Å²) in [6.07, 6.45) is 6.85. The van der Waals surface area contributed by atoms with Crippen molar-refractivity contribution in [2.75, 3.05) is 25.1 Å². The van der Waals surface area contributed by atoms with Crippen molar-refractivity contribution in [2.45, 2.75) is 12.8 Å². The molecule has 0 aliphatic carbocycles. The van der Waals surface area contributed by atoms with Crippen LogP contribution in [0.3, 0.4) is 0 Å². The van der Waals surface area contributed by atoms with E-state index in [-0.39, 0.29) is 11.5 Å². The highest BCUT2D eigenvalue weighted by Gasteiger charge is 2.24. The van der Waals surface area contributed by atoms with Crippen LogP contribution in [0.5, 0.6) is 0 Å². The van der Waals surface area contributed by atoms with Crippen molar-refractivity contribution < 1.29 is 4.79 Å². The fourth-order valence-corrected chi connectivity index (χ4v) is 2.99. The lowest BCUT2D eigenvalue weighted by Gasteiger charge is -2.32. The summed E-state index contributed by atoms with van der Waals surface area (Å²) < 4.78 is 0. The van der Waals surface area contributed by atoms with Crippen LogP contribution in [0.1, 0.15) is 23.3 Å². The number of nitrogens with one attached hydrogen (secondary N) is 1. The molecule has 0 radical (unpaired) electrons. The molecule has 1 saturated heterocycles. The molecule has 1 aliphatic heterocycles. The van der Waals surface area contributed by atoms with Gasteiger partial charge in [-0.15, -0.1) is 0 Å². The lowest BCUT2D eigenvalue weighted by molar-refractivity contribution is 0.0679. The molecule has 1 atom stereocenters. The molecule has 0 aromatic carbocycles. The highest BCUT2D eigenvalue weighted by atomic mass is 32.2. The second-order valence-electron chi connectivity index (χ2n) is 4.51. The first-order valence-corrected chi connectivity index (χ1v) is 7.43. The number of carbonyl (C=O) groups excluding carboxylic acids is 1. The predicted molar refractivity (Wildman–Crippen MR) is 71.9 cm³/mol. The van der Waals surface area contributed by atoms with Crippen LogP contribution >= 0.6 is 11.8 Å². The molecule has 0 bridgehead atoms. The van der Waals surface area contributed by atoms with Crippen molar-refractivity contribution in [2.24, 2.45) is 5.92 Å². The van der Waals surface area contributed by atoms with Gasteiger partial charge in [-0.05, 0) is 30.8 Å². The number of likely N-dealkylation sites (tertiary alicyclic amines) is 1. The minimum Gasteiger partial charge on any atom is -0.337 e. The number of aromatic nitrogens is 2. The maximum absolute atomic E-state index is 12.2. The molecule has 2 rings (SSSR count). The van der Waals surface area contributed by atoms with Crippen LogP contribution in [0.15, 0.2) is 17.2 Å². The molecule has 2 heterocycles. The standard InChI is InChI=1S/C12H17N3O2S/c1-18-8-9-3-2-4-15(7-9)12(17)10-5-14-11(16)6-13-10/h5-6,9H,2-4,7-8H2,1H3,(H,14,16)/t9-/m1/s1. The van der Waals surface area contributed by atoms with E-state index in [9.17, 15) is 9.59 Å². The second-order valence-corrected chi connectivity index (χ2v) is 5.42. The zero-order valence-electron chi connectivity index (χ0n) is 10.4. The van der Waals surface area contributed by atoms with Gasteiger partial charge in [-0.25, -0.2) is 4.98 Å². The average molecular weight is 267 g/mol. The quantitative estimate of drug-likeness (QED) is 0.886. The first-order chi connectivity index (χ1) is 8.70. The van der Waals surface area contributed by atoms with E-state index in [0.717, 1.165) is 31.5 Å². The van der Waals surface area contributed by atoms with E-state index in [2.05, 4.69) is 16.2 Å². The number of thioether (sulfide) groups is 1. The number of hydrogen-bond donors (Lipinski definition) is 1. The van der Waals surface area contributed by atoms with Gasteiger partial charge in [0.2, 0.25) is 0 Å². The zero-order chi connectivity index (χ0) is 13.0. The van der Waals surface area contributed by atoms with Crippen LogP contribution < -0.4 is 5.56 Å². The van der Waals surface area contributed by atoms with Gasteiger partial charge in [-0.3, -0.25) is 9.59 Å². The van der Waals surface area contributed by atoms with Gasteiger partial charge in [-0.2, -0.15) is 11.8 Å². The fraction of sp³-hybridized carbons (Fsp3) is 0.583. The molecule has 0 spiro atoms. The number of hydrogen-bond acceptors (Lipinski definition) is 4. The molecule has 1 aliphatic rings. The molecule has 98 valence electrons. The van der Waals surface area contributed by atoms with E-state index in [0.29, 0.717) is 11.6 Å². The molecule has 1 fully saturated rings. The van der Waals surface area contributed by atoms with E-state index < -0.39 is 0 Å². The number of piperidine rings is 1. The van der Waals surface area contributed by atoms with Gasteiger partial charge in [0.25, 0.3) is 11.5 Å². The van der Waals surface area contributed by atoms with Crippen molar-refractivity contribution in [1.29, 1.82) is 0 Å². The Hall–Kier alpha value is -1.30. The molecule has 1 aromatic heterocycles. The van der Waals surface area contributed by atoms with Crippen molar-refractivity contribution in [1.82, 2.24) is 14.9 Å². The normalized spacial score (nSPS) is 19.8. The van der Waals surface area contributed by atoms with Gasteiger partial charge >= 0.3 is 0 Å². The van der Waals surface area contributed by atoms with Crippen molar-refractivity contribution in [3.63, 3.8) is 0 Å². The Morgan fingerprint density at radius 3 is 3.17 bits per heavy atom. The molecule has 0 unspecified atom stereocenters. The largest absolute Gasteiger partial charge is 0.337 e. The number of H-pyrrole nitrogens is 1. The lowest BCUT2D eigenvalue weighted by Crippen LogP contribution is -2.41. The summed E-state index contributed by atoms with van der Waals surface area (Å²) in [6.45, 7) is 1.57. The Morgan fingerprint density at radius 1 is 1.67 bits per heavy atom. The van der Waals surface area contributed by atoms with Crippen LogP contribution in [0, 0.1) is 5.92 Å². The third kappa shape index (κ3) is 3.13. The topological polar surface area (TPSA) is 66.1 Å². The highest BCUT2D eigenvalue weighted by Crippen LogP contribution is 2.20. The molecule has 1 N–H and O–H groups in total. The number of nitrogens with zero attached hydrogens (tertiary/aromatic N) is 2. The van der Waals surface area contributed by atoms with Crippen LogP contribution in [0.4, 0.5) is 0 Å². The zero-order valence-corrected chi connectivity index (χ0v) is 11.2. The van der Waals surface area contributed by atoms with E-state index in [1.807, 2.05) is 16.7 Å². The fourth-order valence-electron chi connectivity index (χ4n) is 2.24. The van der Waals surface area contributed by atoms with Crippen molar-refractivity contribution >= 4 is 17.7 Å². The van der Waals surface area contributed by atoms with Gasteiger partial charge < -0.3 is 9.88 Å². The van der Waals surface area contributed by atoms with Crippen LogP contribution in [-0.4, -0.2) is 45.9 Å². The second kappa shape index (κ2) is 6.04. The minimum atomic E-state index is -0.287. The molecular weight excluding hydrogens is 250 g/mol. The molecule has 5 nitrogen and oxygen atoms in total. The highest BCUT2D eigenvalue weighted by molar-refractivity contribution is 7.98. The number of amides is 1. The van der Waals surface area contributed by atoms with E-state index in [1.165, 1.54) is 12.6 Å². The lowest BCUT2D eigenvalue weighted by atomic mass is 10.00. The summed E-state index contributed by atoms with van der Waals surface area (Å²) in [5, 5.41) is 0. The summed E-state index contributed by atoms with van der Waals surface area (Å²) in [5.74, 6) is 1.57. The third-order valence-electron chi connectivity index (χ3n) is 3.10. The Kier molecular flexibility index (Phi) is 4.41. The first-order valence-electron chi connectivity index (χ1n) is 6.03. The van der Waals surface area contributed by atoms with Gasteiger partial charge in [0.05, 0.1) is 6.20 Å². The number of rotatable bonds is 3. The molecule has 6 heteroatoms. The average Bonchev–Trinajstić information content (AvgIpc) is 2.39. The van der Waals surface area contributed by atoms with Gasteiger partial charge in [0.1, 0.15) is 5.69 Å². The Labute approximate surface area is 110 Å². The van der Waals surface area contributed by atoms with E-state index >= 15 is 0 Å². The van der Waals surface area contributed by atoms with E-state index in [4.69, 9.17) is 0 Å². The Morgan fingerprint density at radius 2 is 2.50 bits per heavy atom. The number of aromatic amines is 1. The van der Waals surface area contributed by atoms with Crippen molar-refractivity contribution in [3.8, 4) is 0 Å². The predicted octanol–water partition coefficient (Wildman–Crippen LogP) is 0.985. The minimum absolute atomic E-state index is 0.0861. The third-order valence-corrected chi connectivity index (χ3v) is 3.90. The smallest absolute Gasteiger partial charge is 0.273 e. The summed E-state index contributed by atoms with van der Waals surface area (Å²) in [4.78, 5) is 31.3. The molecule has 1 amide bonds. The maximum atomic E-state index is 12.2. The van der Waals surface area contributed by atoms with Crippen LogP contribution in [-0.2, 0) is 0 Å². The van der Waals surface area contributed by atoms with Gasteiger partial charge in [0.15, 0.2) is 0 Å². The molecule has 1 aromatic rings. The van der Waals surface area contributed by atoms with Crippen LogP contribution in [0.2, 0.25) is 0 Å². The maximum Gasteiger partial charge on any atom is 0.273 e. The summed E-state index contributed by atoms with van der Waals surface area (Å²) >= 11 is 1.82. The summed E-state index contributed by atoms with van der Waals surface area (Å²) in [5.41, 5.74) is 0.0323. The van der Waals surface area contributed by atoms with E-state index in [1.54, 1.807) is 0 Å².